The normalized spacial score (nSPS) is 57.9. The fraction of sp³-hybridized carbons (Fsp3) is 1.00. The van der Waals surface area contributed by atoms with Crippen molar-refractivity contribution in [2.75, 3.05) is 0 Å². The Hall–Kier alpha value is -0.310. The van der Waals surface area contributed by atoms with Gasteiger partial charge in [-0.3, -0.25) is 0 Å². The average molecular weight is 198 g/mol. The van der Waals surface area contributed by atoms with E-state index in [1.807, 2.05) is 0 Å². The van der Waals surface area contributed by atoms with E-state index in [0.29, 0.717) is 0 Å². The zero-order valence-corrected chi connectivity index (χ0v) is 6.45. The lowest BCUT2D eigenvalue weighted by atomic mass is 9.83. The highest BCUT2D eigenvalue weighted by Crippen LogP contribution is 2.31. The molecule has 1 saturated carbocycles. The van der Waals surface area contributed by atoms with Crippen LogP contribution in [0.1, 0.15) is 0 Å². The first-order chi connectivity index (χ1) is 5.80. The van der Waals surface area contributed by atoms with Crippen LogP contribution in [0, 0.1) is 0 Å². The third kappa shape index (κ3) is 1.43. The van der Waals surface area contributed by atoms with E-state index in [2.05, 4.69) is 0 Å². The highest BCUT2D eigenvalue weighted by atomic mass is 19.2. The molecule has 0 amide bonds. The van der Waals surface area contributed by atoms with Crippen LogP contribution in [0.25, 0.3) is 0 Å². The second-order valence-electron chi connectivity index (χ2n) is 3.09. The van der Waals surface area contributed by atoms with E-state index < -0.39 is 36.4 Å². The molecule has 0 spiro atoms. The second kappa shape index (κ2) is 3.12. The third-order valence-electron chi connectivity index (χ3n) is 2.18. The van der Waals surface area contributed by atoms with E-state index >= 15 is 0 Å². The van der Waals surface area contributed by atoms with Gasteiger partial charge in [-0.25, -0.2) is 4.39 Å². The van der Waals surface area contributed by atoms with Crippen molar-refractivity contribution < 1.29 is 35.0 Å². The van der Waals surface area contributed by atoms with Crippen LogP contribution in [0.5, 0.6) is 0 Å². The van der Waals surface area contributed by atoms with Gasteiger partial charge in [-0.2, -0.15) is 0 Å². The molecule has 0 unspecified atom stereocenters. The summed E-state index contributed by atoms with van der Waals surface area (Å²) in [5.74, 6) is -3.53. The Morgan fingerprint density at radius 2 is 1.08 bits per heavy atom. The molecule has 0 heterocycles. The van der Waals surface area contributed by atoms with Crippen molar-refractivity contribution in [1.29, 1.82) is 0 Å². The first-order valence-electron chi connectivity index (χ1n) is 3.61. The van der Waals surface area contributed by atoms with E-state index in [4.69, 9.17) is 30.6 Å². The van der Waals surface area contributed by atoms with Crippen molar-refractivity contribution in [3.63, 3.8) is 0 Å². The Morgan fingerprint density at radius 3 is 1.38 bits per heavy atom. The molecule has 0 bridgehead atoms. The Balaban J connectivity index is 2.93. The minimum Gasteiger partial charge on any atom is -0.387 e. The zero-order chi connectivity index (χ0) is 10.4. The van der Waals surface area contributed by atoms with Crippen LogP contribution in [0.2, 0.25) is 0 Å². The monoisotopic (exact) mass is 198 g/mol. The minimum absolute atomic E-state index is 1.90. The Bertz CT molecular complexity index is 180. The molecular weight excluding hydrogens is 187 g/mol. The van der Waals surface area contributed by atoms with Gasteiger partial charge in [-0.05, 0) is 0 Å². The molecule has 1 aliphatic carbocycles. The number of aliphatic hydroxyl groups is 6. The number of hydrogen-bond acceptors (Lipinski definition) is 6. The molecule has 1 aliphatic rings. The zero-order valence-electron chi connectivity index (χ0n) is 6.45. The van der Waals surface area contributed by atoms with Crippen LogP contribution < -0.4 is 0 Å². The standard InChI is InChI=1S/C6H11FO6/c7-6(13)4(11)2(9)1(8)3(10)5(6)12/h1-5,8-13H/t1-,2-,3-,4+,5-,6-/m1/s1. The molecule has 13 heavy (non-hydrogen) atoms. The number of halogens is 1. The quantitative estimate of drug-likeness (QED) is 0.240. The van der Waals surface area contributed by atoms with Crippen molar-refractivity contribution >= 4 is 0 Å². The van der Waals surface area contributed by atoms with Crippen LogP contribution in [0.3, 0.4) is 0 Å². The van der Waals surface area contributed by atoms with E-state index in [1.165, 1.54) is 0 Å². The molecule has 78 valence electrons. The van der Waals surface area contributed by atoms with Crippen LogP contribution >= 0.6 is 0 Å². The predicted octanol–water partition coefficient (Wildman–Crippen LogP) is -3.54. The van der Waals surface area contributed by atoms with E-state index in [1.54, 1.807) is 0 Å². The maximum Gasteiger partial charge on any atom is 0.264 e. The van der Waals surface area contributed by atoms with Gasteiger partial charge in [0.05, 0.1) is 0 Å². The van der Waals surface area contributed by atoms with Gasteiger partial charge in [0.1, 0.15) is 30.5 Å². The SMILES string of the molecule is O[C@H]1[C@@H](O)[C@@H](O)[C@@](O)(F)[C@@H](O)[C@@H]1O. The molecule has 6 nitrogen and oxygen atoms in total. The maximum atomic E-state index is 13.0. The molecule has 0 saturated heterocycles. The molecule has 0 radical (unpaired) electrons. The summed E-state index contributed by atoms with van der Waals surface area (Å²) in [6.45, 7) is 0. The Kier molecular flexibility index (Phi) is 2.59. The van der Waals surface area contributed by atoms with Crippen LogP contribution in [0.4, 0.5) is 4.39 Å². The van der Waals surface area contributed by atoms with Gasteiger partial charge in [0.15, 0.2) is 0 Å². The van der Waals surface area contributed by atoms with Crippen LogP contribution in [-0.2, 0) is 0 Å². The molecule has 0 aromatic carbocycles. The lowest BCUT2D eigenvalue weighted by molar-refractivity contribution is -0.314. The van der Waals surface area contributed by atoms with E-state index in [-0.39, 0.29) is 0 Å². The first-order valence-corrected chi connectivity index (χ1v) is 3.61. The summed E-state index contributed by atoms with van der Waals surface area (Å²) in [5.41, 5.74) is 0. The highest BCUT2D eigenvalue weighted by Gasteiger charge is 2.58. The number of hydrogen-bond donors (Lipinski definition) is 6. The van der Waals surface area contributed by atoms with Gasteiger partial charge in [0, 0.05) is 0 Å². The molecule has 0 aromatic rings. The molecule has 6 N–H and O–H groups in total. The lowest BCUT2D eigenvalue weighted by Crippen LogP contribution is -2.68. The van der Waals surface area contributed by atoms with Crippen molar-refractivity contribution in [2.24, 2.45) is 0 Å². The molecule has 7 heteroatoms. The van der Waals surface area contributed by atoms with Gasteiger partial charge >= 0.3 is 0 Å². The van der Waals surface area contributed by atoms with E-state index in [9.17, 15) is 4.39 Å². The minimum atomic E-state index is -3.53. The largest absolute Gasteiger partial charge is 0.387 e. The van der Waals surface area contributed by atoms with Gasteiger partial charge in [-0.1, -0.05) is 0 Å². The van der Waals surface area contributed by atoms with Crippen LogP contribution in [0.15, 0.2) is 0 Å². The van der Waals surface area contributed by atoms with Crippen molar-refractivity contribution in [1.82, 2.24) is 0 Å². The number of rotatable bonds is 0. The Morgan fingerprint density at radius 1 is 0.769 bits per heavy atom. The molecule has 1 fully saturated rings. The summed E-state index contributed by atoms with van der Waals surface area (Å²) in [5, 5.41) is 53.2. The van der Waals surface area contributed by atoms with Gasteiger partial charge in [-0.15, -0.1) is 0 Å². The molecular formula is C6H11FO6. The maximum absolute atomic E-state index is 13.0. The second-order valence-corrected chi connectivity index (χ2v) is 3.09. The van der Waals surface area contributed by atoms with Crippen molar-refractivity contribution in [3.05, 3.63) is 0 Å². The highest BCUT2D eigenvalue weighted by molar-refractivity contribution is 5.02. The van der Waals surface area contributed by atoms with Crippen LogP contribution in [-0.4, -0.2) is 67.0 Å². The summed E-state index contributed by atoms with van der Waals surface area (Å²) in [6.07, 6.45) is -10.7. The smallest absolute Gasteiger partial charge is 0.264 e. The lowest BCUT2D eigenvalue weighted by Gasteiger charge is -2.42. The summed E-state index contributed by atoms with van der Waals surface area (Å²) in [7, 11) is 0. The van der Waals surface area contributed by atoms with Gasteiger partial charge in [0.2, 0.25) is 0 Å². The summed E-state index contributed by atoms with van der Waals surface area (Å²) >= 11 is 0. The summed E-state index contributed by atoms with van der Waals surface area (Å²) < 4.78 is 13.0. The Labute approximate surface area is 72.5 Å². The molecule has 0 aromatic heterocycles. The summed E-state index contributed by atoms with van der Waals surface area (Å²) in [4.78, 5) is 0. The molecule has 6 atom stereocenters. The predicted molar refractivity (Wildman–Crippen MR) is 36.1 cm³/mol. The number of alkyl halides is 1. The van der Waals surface area contributed by atoms with Gasteiger partial charge in [0.25, 0.3) is 5.85 Å². The average Bonchev–Trinajstić information content (AvgIpc) is 2.09. The molecule has 1 rings (SSSR count). The summed E-state index contributed by atoms with van der Waals surface area (Å²) in [6, 6.07) is 0. The fourth-order valence-electron chi connectivity index (χ4n) is 1.23. The number of aliphatic hydroxyl groups excluding tert-OH is 5. The topological polar surface area (TPSA) is 121 Å². The molecule has 0 aliphatic heterocycles. The fourth-order valence-corrected chi connectivity index (χ4v) is 1.23. The third-order valence-corrected chi connectivity index (χ3v) is 2.18. The van der Waals surface area contributed by atoms with E-state index in [0.717, 1.165) is 0 Å². The van der Waals surface area contributed by atoms with Gasteiger partial charge < -0.3 is 30.6 Å². The first kappa shape index (κ1) is 10.8. The van der Waals surface area contributed by atoms with Crippen molar-refractivity contribution in [2.45, 2.75) is 36.4 Å². The van der Waals surface area contributed by atoms with Crippen molar-refractivity contribution in [3.8, 4) is 0 Å².